The Balaban J connectivity index is 2.25. The Bertz CT molecular complexity index is 694. The minimum atomic E-state index is 0.802. The van der Waals surface area contributed by atoms with Crippen molar-refractivity contribution in [2.75, 3.05) is 7.05 Å². The lowest BCUT2D eigenvalue weighted by Crippen LogP contribution is -2.18. The highest BCUT2D eigenvalue weighted by molar-refractivity contribution is 5.75. The third-order valence-corrected chi connectivity index (χ3v) is 3.81. The zero-order chi connectivity index (χ0) is 13.9. The topological polar surface area (TPSA) is 38.0 Å². The number of aryl methyl sites for hydroxylation is 1. The summed E-state index contributed by atoms with van der Waals surface area (Å²) >= 11 is 0. The molecule has 0 atom stereocenters. The highest BCUT2D eigenvalue weighted by Crippen LogP contribution is 2.30. The molecule has 20 heavy (non-hydrogen) atoms. The van der Waals surface area contributed by atoms with Crippen molar-refractivity contribution >= 4 is 5.70 Å². The summed E-state index contributed by atoms with van der Waals surface area (Å²) in [5, 5.41) is 3.27. The zero-order valence-electron chi connectivity index (χ0n) is 11.7. The molecular weight excluding hydrogens is 244 g/mol. The first-order valence-corrected chi connectivity index (χ1v) is 6.96. The SMILES string of the molecule is CN/C1=C(\N)c2ccccc2CCC2=C1C=CCC#C2. The number of nitrogens with one attached hydrogen (secondary N) is 1. The summed E-state index contributed by atoms with van der Waals surface area (Å²) in [6, 6.07) is 8.36. The maximum absolute atomic E-state index is 6.43. The van der Waals surface area contributed by atoms with Gasteiger partial charge in [0.15, 0.2) is 0 Å². The van der Waals surface area contributed by atoms with Crippen molar-refractivity contribution in [2.45, 2.75) is 19.3 Å². The van der Waals surface area contributed by atoms with Crippen LogP contribution in [0.15, 0.2) is 53.3 Å². The summed E-state index contributed by atoms with van der Waals surface area (Å²) < 4.78 is 0. The van der Waals surface area contributed by atoms with E-state index in [1.54, 1.807) is 0 Å². The molecule has 0 spiro atoms. The zero-order valence-corrected chi connectivity index (χ0v) is 11.7. The van der Waals surface area contributed by atoms with Gasteiger partial charge in [0, 0.05) is 30.2 Å². The van der Waals surface area contributed by atoms with Crippen molar-refractivity contribution in [1.82, 2.24) is 5.32 Å². The van der Waals surface area contributed by atoms with E-state index < -0.39 is 0 Å². The lowest BCUT2D eigenvalue weighted by atomic mass is 9.90. The van der Waals surface area contributed by atoms with Crippen LogP contribution in [0.4, 0.5) is 0 Å². The smallest absolute Gasteiger partial charge is 0.0660 e. The van der Waals surface area contributed by atoms with Gasteiger partial charge in [-0.15, -0.1) is 0 Å². The number of nitrogens with two attached hydrogens (primary N) is 1. The molecule has 3 N–H and O–H groups in total. The number of likely N-dealkylation sites (N-methyl/N-ethyl adjacent to an activating group) is 1. The number of rotatable bonds is 1. The molecule has 2 nitrogen and oxygen atoms in total. The standard InChI is InChI=1S/C18H18N2/c1-20-18-16-10-4-2-3-7-14(16)12-11-13-8-5-6-9-15(13)17(18)19/h4-6,8-10,20H,2,11-12,19H2,1H3/b18-17-. The van der Waals surface area contributed by atoms with Gasteiger partial charge in [0.2, 0.25) is 0 Å². The molecule has 2 aliphatic carbocycles. The van der Waals surface area contributed by atoms with Gasteiger partial charge in [-0.1, -0.05) is 48.3 Å². The van der Waals surface area contributed by atoms with Crippen molar-refractivity contribution < 1.29 is 0 Å². The summed E-state index contributed by atoms with van der Waals surface area (Å²) in [6.45, 7) is 0. The van der Waals surface area contributed by atoms with Gasteiger partial charge < -0.3 is 11.1 Å². The summed E-state index contributed by atoms with van der Waals surface area (Å²) in [5.74, 6) is 6.50. The number of fused-ring (bicyclic) bond motifs is 1. The Morgan fingerprint density at radius 2 is 2.05 bits per heavy atom. The molecule has 0 heterocycles. The second-order valence-corrected chi connectivity index (χ2v) is 5.00. The lowest BCUT2D eigenvalue weighted by molar-refractivity contribution is 0.925. The van der Waals surface area contributed by atoms with E-state index in [9.17, 15) is 0 Å². The lowest BCUT2D eigenvalue weighted by Gasteiger charge is -2.20. The first-order valence-electron chi connectivity index (χ1n) is 6.96. The van der Waals surface area contributed by atoms with Gasteiger partial charge in [-0.25, -0.2) is 0 Å². The fraction of sp³-hybridized carbons (Fsp3) is 0.222. The highest BCUT2D eigenvalue weighted by atomic mass is 14.9. The van der Waals surface area contributed by atoms with Gasteiger partial charge >= 0.3 is 0 Å². The molecule has 100 valence electrons. The Hall–Kier alpha value is -2.40. The third kappa shape index (κ3) is 2.12. The molecule has 1 aromatic carbocycles. The van der Waals surface area contributed by atoms with Crippen molar-refractivity contribution in [3.05, 3.63) is 64.4 Å². The molecule has 2 aliphatic rings. The summed E-state index contributed by atoms with van der Waals surface area (Å²) in [5.41, 5.74) is 13.0. The molecule has 1 aromatic rings. The Morgan fingerprint density at radius 1 is 1.20 bits per heavy atom. The number of hydrogen-bond donors (Lipinski definition) is 2. The Kier molecular flexibility index (Phi) is 3.35. The van der Waals surface area contributed by atoms with Crippen LogP contribution >= 0.6 is 0 Å². The molecule has 3 rings (SSSR count). The molecule has 0 aliphatic heterocycles. The van der Waals surface area contributed by atoms with E-state index in [1.165, 1.54) is 11.1 Å². The molecule has 0 amide bonds. The second-order valence-electron chi connectivity index (χ2n) is 5.00. The van der Waals surface area contributed by atoms with E-state index in [-0.39, 0.29) is 0 Å². The quantitative estimate of drug-likeness (QED) is 0.764. The van der Waals surface area contributed by atoms with Crippen molar-refractivity contribution in [3.8, 4) is 11.8 Å². The third-order valence-electron chi connectivity index (χ3n) is 3.81. The van der Waals surface area contributed by atoms with Crippen LogP contribution < -0.4 is 11.1 Å². The predicted octanol–water partition coefficient (Wildman–Crippen LogP) is 2.74. The van der Waals surface area contributed by atoms with E-state index in [0.717, 1.165) is 41.8 Å². The van der Waals surface area contributed by atoms with Gasteiger partial charge in [-0.05, 0) is 18.4 Å². The summed E-state index contributed by atoms with van der Waals surface area (Å²) in [7, 11) is 1.92. The molecule has 0 fully saturated rings. The number of benzene rings is 1. The first-order chi connectivity index (χ1) is 9.81. The van der Waals surface area contributed by atoms with Crippen LogP contribution in [-0.2, 0) is 6.42 Å². The van der Waals surface area contributed by atoms with Crippen LogP contribution in [0, 0.1) is 11.8 Å². The van der Waals surface area contributed by atoms with Crippen LogP contribution in [0.2, 0.25) is 0 Å². The minimum absolute atomic E-state index is 0.802. The van der Waals surface area contributed by atoms with Gasteiger partial charge in [0.1, 0.15) is 0 Å². The van der Waals surface area contributed by atoms with E-state index in [2.05, 4.69) is 47.5 Å². The molecule has 0 unspecified atom stereocenters. The molecule has 0 aromatic heterocycles. The normalized spacial score (nSPS) is 20.9. The molecule has 0 saturated carbocycles. The summed E-state index contributed by atoms with van der Waals surface area (Å²) in [6.07, 6.45) is 6.98. The first kappa shape index (κ1) is 12.6. The van der Waals surface area contributed by atoms with Crippen LogP contribution in [0.1, 0.15) is 24.0 Å². The molecule has 2 heteroatoms. The fourth-order valence-electron chi connectivity index (χ4n) is 2.80. The van der Waals surface area contributed by atoms with Crippen LogP contribution in [0.5, 0.6) is 0 Å². The Labute approximate surface area is 120 Å². The monoisotopic (exact) mass is 262 g/mol. The minimum Gasteiger partial charge on any atom is -0.397 e. The van der Waals surface area contributed by atoms with Crippen LogP contribution in [0.3, 0.4) is 0 Å². The highest BCUT2D eigenvalue weighted by Gasteiger charge is 2.18. The second kappa shape index (κ2) is 5.30. The Morgan fingerprint density at radius 3 is 2.90 bits per heavy atom. The fourth-order valence-corrected chi connectivity index (χ4v) is 2.80. The van der Waals surface area contributed by atoms with Crippen molar-refractivity contribution in [2.24, 2.45) is 5.73 Å². The van der Waals surface area contributed by atoms with Crippen LogP contribution in [-0.4, -0.2) is 7.05 Å². The number of allylic oxidation sites excluding steroid dienone is 3. The predicted molar refractivity (Wildman–Crippen MR) is 83.5 cm³/mol. The van der Waals surface area contributed by atoms with Crippen molar-refractivity contribution in [3.63, 3.8) is 0 Å². The average Bonchev–Trinajstić information content (AvgIpc) is 2.70. The maximum atomic E-state index is 6.43. The maximum Gasteiger partial charge on any atom is 0.0660 e. The van der Waals surface area contributed by atoms with Gasteiger partial charge in [-0.3, -0.25) is 0 Å². The molecule has 0 saturated heterocycles. The van der Waals surface area contributed by atoms with E-state index >= 15 is 0 Å². The average molecular weight is 262 g/mol. The van der Waals surface area contributed by atoms with Gasteiger partial charge in [0.05, 0.1) is 11.4 Å². The van der Waals surface area contributed by atoms with E-state index in [1.807, 2.05) is 13.1 Å². The number of hydrogen-bond acceptors (Lipinski definition) is 2. The van der Waals surface area contributed by atoms with E-state index in [4.69, 9.17) is 5.73 Å². The van der Waals surface area contributed by atoms with E-state index in [0.29, 0.717) is 0 Å². The molecule has 0 radical (unpaired) electrons. The van der Waals surface area contributed by atoms with Crippen LogP contribution in [0.25, 0.3) is 5.70 Å². The van der Waals surface area contributed by atoms with Gasteiger partial charge in [0.25, 0.3) is 0 Å². The summed E-state index contributed by atoms with van der Waals surface area (Å²) in [4.78, 5) is 0. The molecular formula is C18H18N2. The molecule has 0 bridgehead atoms. The van der Waals surface area contributed by atoms with Crippen molar-refractivity contribution in [1.29, 1.82) is 0 Å². The largest absolute Gasteiger partial charge is 0.397 e. The van der Waals surface area contributed by atoms with Gasteiger partial charge in [-0.2, -0.15) is 0 Å².